The molecule has 3 aromatic rings. The van der Waals surface area contributed by atoms with Gasteiger partial charge in [-0.1, -0.05) is 29.3 Å². The number of rotatable bonds is 3. The molecule has 8 heteroatoms. The molecule has 3 rings (SSSR count). The highest BCUT2D eigenvalue weighted by molar-refractivity contribution is 6.37. The van der Waals surface area contributed by atoms with Crippen LogP contribution in [0, 0.1) is 0 Å². The Labute approximate surface area is 130 Å². The summed E-state index contributed by atoms with van der Waals surface area (Å²) in [7, 11) is 0. The molecular formula is C13H10Cl2N6. The van der Waals surface area contributed by atoms with Crippen LogP contribution < -0.4 is 11.1 Å². The number of hydrogen-bond donors (Lipinski definition) is 2. The molecule has 21 heavy (non-hydrogen) atoms. The number of hydrogen-bond acceptors (Lipinski definition) is 5. The quantitative estimate of drug-likeness (QED) is 0.773. The number of nitrogen functional groups attached to an aromatic ring is 1. The van der Waals surface area contributed by atoms with Gasteiger partial charge >= 0.3 is 0 Å². The molecule has 0 unspecified atom stereocenters. The maximum Gasteiger partial charge on any atom is 0.135 e. The second-order valence-corrected chi connectivity index (χ2v) is 5.01. The first-order chi connectivity index (χ1) is 10.1. The first kappa shape index (κ1) is 13.7. The molecule has 2 aromatic heterocycles. The largest absolute Gasteiger partial charge is 0.384 e. The fourth-order valence-electron chi connectivity index (χ4n) is 1.81. The normalized spacial score (nSPS) is 10.6. The van der Waals surface area contributed by atoms with E-state index in [-0.39, 0.29) is 0 Å². The summed E-state index contributed by atoms with van der Waals surface area (Å²) >= 11 is 12.3. The molecule has 6 nitrogen and oxygen atoms in total. The Kier molecular flexibility index (Phi) is 3.64. The van der Waals surface area contributed by atoms with E-state index >= 15 is 0 Å². The van der Waals surface area contributed by atoms with Gasteiger partial charge in [0.05, 0.1) is 28.1 Å². The third-order valence-electron chi connectivity index (χ3n) is 2.71. The van der Waals surface area contributed by atoms with Gasteiger partial charge in [0.1, 0.15) is 23.7 Å². The van der Waals surface area contributed by atoms with Crippen molar-refractivity contribution in [2.75, 3.05) is 11.1 Å². The minimum atomic E-state index is 0.383. The van der Waals surface area contributed by atoms with E-state index < -0.39 is 0 Å². The molecule has 0 aliphatic heterocycles. The molecule has 1 aromatic carbocycles. The Bertz CT molecular complexity index is 766. The number of nitrogens with one attached hydrogen (secondary N) is 1. The van der Waals surface area contributed by atoms with E-state index in [1.807, 2.05) is 0 Å². The van der Waals surface area contributed by atoms with Crippen molar-refractivity contribution in [2.24, 2.45) is 0 Å². The van der Waals surface area contributed by atoms with Crippen molar-refractivity contribution < 1.29 is 0 Å². The highest BCUT2D eigenvalue weighted by atomic mass is 35.5. The number of anilines is 3. The van der Waals surface area contributed by atoms with Gasteiger partial charge in [0.25, 0.3) is 0 Å². The van der Waals surface area contributed by atoms with Crippen LogP contribution in [0.3, 0.4) is 0 Å². The van der Waals surface area contributed by atoms with Gasteiger partial charge in [-0.25, -0.2) is 14.6 Å². The van der Waals surface area contributed by atoms with Crippen LogP contribution in [-0.2, 0) is 0 Å². The van der Waals surface area contributed by atoms with Gasteiger partial charge in [0.2, 0.25) is 0 Å². The van der Waals surface area contributed by atoms with Crippen LogP contribution in [0.1, 0.15) is 0 Å². The second-order valence-electron chi connectivity index (χ2n) is 4.20. The van der Waals surface area contributed by atoms with Gasteiger partial charge in [-0.2, -0.15) is 5.10 Å². The Hall–Kier alpha value is -2.31. The number of halogens is 2. The van der Waals surface area contributed by atoms with Crippen LogP contribution in [0.2, 0.25) is 10.0 Å². The minimum Gasteiger partial charge on any atom is -0.384 e. The predicted octanol–water partition coefficient (Wildman–Crippen LogP) is 3.29. The average Bonchev–Trinajstić information content (AvgIpc) is 2.87. The molecule has 2 heterocycles. The van der Waals surface area contributed by atoms with Crippen LogP contribution in [-0.4, -0.2) is 19.7 Å². The second kappa shape index (κ2) is 5.59. The zero-order chi connectivity index (χ0) is 14.8. The van der Waals surface area contributed by atoms with E-state index in [1.54, 1.807) is 41.3 Å². The Morgan fingerprint density at radius 1 is 1.14 bits per heavy atom. The number of nitrogens with zero attached hydrogens (tertiary/aromatic N) is 4. The average molecular weight is 321 g/mol. The van der Waals surface area contributed by atoms with Crippen LogP contribution in [0.25, 0.3) is 5.69 Å². The van der Waals surface area contributed by atoms with Gasteiger partial charge < -0.3 is 11.1 Å². The third-order valence-corrected chi connectivity index (χ3v) is 3.32. The smallest absolute Gasteiger partial charge is 0.135 e. The molecule has 0 bridgehead atoms. The maximum absolute atomic E-state index is 6.15. The topological polar surface area (TPSA) is 81.6 Å². The molecule has 0 amide bonds. The summed E-state index contributed by atoms with van der Waals surface area (Å²) in [5.74, 6) is 0.960. The molecule has 0 spiro atoms. The lowest BCUT2D eigenvalue weighted by atomic mass is 10.3. The fourth-order valence-corrected chi connectivity index (χ4v) is 2.38. The van der Waals surface area contributed by atoms with E-state index in [0.717, 1.165) is 5.69 Å². The molecule has 0 fully saturated rings. The third kappa shape index (κ3) is 2.91. The van der Waals surface area contributed by atoms with Crippen LogP contribution in [0.4, 0.5) is 17.3 Å². The standard InChI is InChI=1S/C13H10Cl2N6/c14-9-2-1-3-10(15)13(9)21-6-8(5-19-21)20-12-4-11(16)17-7-18-12/h1-7H,(H3,16,17,18,20). The van der Waals surface area contributed by atoms with Crippen molar-refractivity contribution in [2.45, 2.75) is 0 Å². The molecule has 0 aliphatic carbocycles. The monoisotopic (exact) mass is 320 g/mol. The van der Waals surface area contributed by atoms with Gasteiger partial charge in [0, 0.05) is 6.07 Å². The number of para-hydroxylation sites is 1. The molecule has 0 radical (unpaired) electrons. The van der Waals surface area contributed by atoms with Crippen LogP contribution in [0.5, 0.6) is 0 Å². The van der Waals surface area contributed by atoms with Crippen molar-refractivity contribution >= 4 is 40.5 Å². The van der Waals surface area contributed by atoms with Gasteiger partial charge in [0.15, 0.2) is 0 Å². The summed E-state index contributed by atoms with van der Waals surface area (Å²) in [5, 5.41) is 8.34. The molecule has 3 N–H and O–H groups in total. The van der Waals surface area contributed by atoms with Gasteiger partial charge in [-0.15, -0.1) is 0 Å². The lowest BCUT2D eigenvalue weighted by molar-refractivity contribution is 0.881. The van der Waals surface area contributed by atoms with E-state index in [1.165, 1.54) is 6.33 Å². The van der Waals surface area contributed by atoms with Crippen molar-refractivity contribution in [3.05, 3.63) is 53.0 Å². The van der Waals surface area contributed by atoms with E-state index in [4.69, 9.17) is 28.9 Å². The Morgan fingerprint density at radius 2 is 1.90 bits per heavy atom. The van der Waals surface area contributed by atoms with E-state index in [2.05, 4.69) is 20.4 Å². The number of nitrogens with two attached hydrogens (primary N) is 1. The summed E-state index contributed by atoms with van der Waals surface area (Å²) in [6.07, 6.45) is 4.77. The van der Waals surface area contributed by atoms with E-state index in [0.29, 0.717) is 27.4 Å². The first-order valence-corrected chi connectivity index (χ1v) is 6.72. The lowest BCUT2D eigenvalue weighted by Gasteiger charge is -2.06. The van der Waals surface area contributed by atoms with Crippen molar-refractivity contribution in [1.82, 2.24) is 19.7 Å². The van der Waals surface area contributed by atoms with Crippen molar-refractivity contribution in [1.29, 1.82) is 0 Å². The fraction of sp³-hybridized carbons (Fsp3) is 0. The number of aromatic nitrogens is 4. The minimum absolute atomic E-state index is 0.383. The predicted molar refractivity (Wildman–Crippen MR) is 83.3 cm³/mol. The zero-order valence-corrected chi connectivity index (χ0v) is 12.2. The Balaban J connectivity index is 1.90. The summed E-state index contributed by atoms with van der Waals surface area (Å²) in [5.41, 5.74) is 6.95. The number of benzene rings is 1. The van der Waals surface area contributed by atoms with Crippen molar-refractivity contribution in [3.8, 4) is 5.69 Å². The molecule has 0 atom stereocenters. The lowest BCUT2D eigenvalue weighted by Crippen LogP contribution is -1.97. The highest BCUT2D eigenvalue weighted by Crippen LogP contribution is 2.28. The van der Waals surface area contributed by atoms with Gasteiger partial charge in [-0.05, 0) is 12.1 Å². The first-order valence-electron chi connectivity index (χ1n) is 5.97. The van der Waals surface area contributed by atoms with Crippen LogP contribution in [0.15, 0.2) is 43.0 Å². The summed E-state index contributed by atoms with van der Waals surface area (Å²) in [4.78, 5) is 7.89. The molecule has 0 saturated carbocycles. The van der Waals surface area contributed by atoms with E-state index in [9.17, 15) is 0 Å². The van der Waals surface area contributed by atoms with Crippen LogP contribution >= 0.6 is 23.2 Å². The molecule has 0 saturated heterocycles. The molecular weight excluding hydrogens is 311 g/mol. The SMILES string of the molecule is Nc1cc(Nc2cnn(-c3c(Cl)cccc3Cl)c2)ncn1. The summed E-state index contributed by atoms with van der Waals surface area (Å²) in [6.45, 7) is 0. The molecule has 0 aliphatic rings. The van der Waals surface area contributed by atoms with Crippen molar-refractivity contribution in [3.63, 3.8) is 0 Å². The highest BCUT2D eigenvalue weighted by Gasteiger charge is 2.09. The maximum atomic E-state index is 6.15. The summed E-state index contributed by atoms with van der Waals surface area (Å²) < 4.78 is 1.59. The molecule has 106 valence electrons. The van der Waals surface area contributed by atoms with Gasteiger partial charge in [-0.3, -0.25) is 0 Å². The zero-order valence-electron chi connectivity index (χ0n) is 10.7. The summed E-state index contributed by atoms with van der Waals surface area (Å²) in [6, 6.07) is 6.91. The Morgan fingerprint density at radius 3 is 2.62 bits per heavy atom.